The average Bonchev–Trinajstić information content (AvgIpc) is 3.03. The molecule has 0 aliphatic rings. The molecule has 0 bridgehead atoms. The van der Waals surface area contributed by atoms with Gasteiger partial charge in [-0.15, -0.1) is 0 Å². The summed E-state index contributed by atoms with van der Waals surface area (Å²) in [4.78, 5) is 52.5. The Morgan fingerprint density at radius 2 is 0.592 bits per heavy atom. The Bertz CT molecular complexity index is 776. The average molecular weight is 804 g/mol. The molecule has 0 aromatic heterocycles. The molecule has 9 heteroatoms. The van der Waals surface area contributed by atoms with Crippen LogP contribution in [0.4, 0.5) is 0 Å². The molecule has 0 rings (SSSR count). The SMILES string of the molecule is CCCCCCCCCCCC(=O)[O][Sn]([O]C(=O)CCCCCCCCCCC)([O]C(=O)CCCCC(C)C)[O]C(=O)CCCCC(C)C. The van der Waals surface area contributed by atoms with Gasteiger partial charge >= 0.3 is 295 Å². The van der Waals surface area contributed by atoms with E-state index in [4.69, 9.17) is 12.3 Å². The molecule has 0 aromatic carbocycles. The van der Waals surface area contributed by atoms with Gasteiger partial charge in [-0.3, -0.25) is 0 Å². The number of carbonyl (C=O) groups excluding carboxylic acids is 4. The van der Waals surface area contributed by atoms with Crippen LogP contribution in [0.5, 0.6) is 0 Å². The zero-order valence-corrected chi connectivity index (χ0v) is 35.6. The Labute approximate surface area is 307 Å². The minimum atomic E-state index is -5.80. The van der Waals surface area contributed by atoms with Gasteiger partial charge in [-0.25, -0.2) is 0 Å². The Morgan fingerprint density at radius 3 is 0.837 bits per heavy atom. The minimum absolute atomic E-state index is 0.0724. The van der Waals surface area contributed by atoms with Crippen LogP contribution in [0.1, 0.15) is 221 Å². The van der Waals surface area contributed by atoms with Gasteiger partial charge in [-0.05, 0) is 0 Å². The number of hydrogen-bond donors (Lipinski definition) is 0. The van der Waals surface area contributed by atoms with Crippen molar-refractivity contribution < 1.29 is 31.5 Å². The molecule has 49 heavy (non-hydrogen) atoms. The molecule has 0 atom stereocenters. The summed E-state index contributed by atoms with van der Waals surface area (Å²) < 4.78 is 22.9. The van der Waals surface area contributed by atoms with Crippen LogP contribution in [-0.4, -0.2) is 43.9 Å². The third kappa shape index (κ3) is 31.2. The van der Waals surface area contributed by atoms with Crippen LogP contribution in [0.2, 0.25) is 0 Å². The summed E-state index contributed by atoms with van der Waals surface area (Å²) >= 11 is -5.80. The third-order valence-corrected chi connectivity index (χ3v) is 14.2. The first kappa shape index (κ1) is 47.7. The van der Waals surface area contributed by atoms with Gasteiger partial charge in [0, 0.05) is 0 Å². The summed E-state index contributed by atoms with van der Waals surface area (Å²) in [6, 6.07) is 0. The van der Waals surface area contributed by atoms with Crippen LogP contribution in [-0.2, 0) is 31.5 Å². The van der Waals surface area contributed by atoms with Crippen molar-refractivity contribution in [2.45, 2.75) is 221 Å². The van der Waals surface area contributed by atoms with E-state index in [1.54, 1.807) is 0 Å². The molecule has 0 heterocycles. The standard InChI is InChI=1S/2C12H24O2.2C8H16O2.Sn/c2*1-2-3-4-5-6-7-8-9-10-11-12(13)14;2*1-7(2)5-3-4-6-8(9)10;/h2*2-11H2,1H3,(H,13,14);2*7H,3-6H2,1-2H3,(H,9,10);/q;;;;+4/p-4. The van der Waals surface area contributed by atoms with Crippen molar-refractivity contribution in [2.24, 2.45) is 11.8 Å². The molecule has 0 aliphatic carbocycles. The van der Waals surface area contributed by atoms with Crippen LogP contribution >= 0.6 is 0 Å². The van der Waals surface area contributed by atoms with E-state index in [9.17, 15) is 19.2 Å². The van der Waals surface area contributed by atoms with Gasteiger partial charge in [0.05, 0.1) is 0 Å². The first-order valence-electron chi connectivity index (χ1n) is 20.4. The molecule has 0 radical (unpaired) electrons. The van der Waals surface area contributed by atoms with Crippen molar-refractivity contribution in [3.05, 3.63) is 0 Å². The molecule has 0 amide bonds. The van der Waals surface area contributed by atoms with E-state index in [1.807, 2.05) is 0 Å². The topological polar surface area (TPSA) is 105 Å². The third-order valence-electron chi connectivity index (χ3n) is 8.75. The normalized spacial score (nSPS) is 11.6. The predicted octanol–water partition coefficient (Wildman–Crippen LogP) is 11.9. The Balaban J connectivity index is 5.49. The number of hydrogen-bond acceptors (Lipinski definition) is 8. The summed E-state index contributed by atoms with van der Waals surface area (Å²) in [6.07, 6.45) is 24.7. The quantitative estimate of drug-likeness (QED) is 0.0468. The van der Waals surface area contributed by atoms with Crippen LogP contribution in [0.3, 0.4) is 0 Å². The number of unbranched alkanes of at least 4 members (excludes halogenated alkanes) is 18. The van der Waals surface area contributed by atoms with Crippen LogP contribution in [0.15, 0.2) is 0 Å². The van der Waals surface area contributed by atoms with Gasteiger partial charge in [0.15, 0.2) is 0 Å². The molecule has 0 saturated carbocycles. The van der Waals surface area contributed by atoms with Crippen LogP contribution < -0.4 is 0 Å². The molecule has 0 saturated heterocycles. The first-order chi connectivity index (χ1) is 23.5. The van der Waals surface area contributed by atoms with Crippen LogP contribution in [0, 0.1) is 11.8 Å². The molecule has 0 N–H and O–H groups in total. The second-order valence-electron chi connectivity index (χ2n) is 14.8. The second kappa shape index (κ2) is 32.6. The molecule has 0 aromatic rings. The summed E-state index contributed by atoms with van der Waals surface area (Å²) in [5.74, 6) is -1.58. The first-order valence-corrected chi connectivity index (χ1v) is 25.1. The zero-order chi connectivity index (χ0) is 36.6. The van der Waals surface area contributed by atoms with Gasteiger partial charge in [-0.1, -0.05) is 13.8 Å². The molecular formula is C40H76O8Sn. The monoisotopic (exact) mass is 804 g/mol. The van der Waals surface area contributed by atoms with Crippen molar-refractivity contribution in [1.29, 1.82) is 0 Å². The van der Waals surface area contributed by atoms with Gasteiger partial charge in [0.1, 0.15) is 0 Å². The van der Waals surface area contributed by atoms with Gasteiger partial charge in [0.2, 0.25) is 0 Å². The Morgan fingerprint density at radius 1 is 0.367 bits per heavy atom. The van der Waals surface area contributed by atoms with E-state index in [0.717, 1.165) is 64.2 Å². The fourth-order valence-corrected chi connectivity index (χ4v) is 10.8. The van der Waals surface area contributed by atoms with Crippen molar-refractivity contribution >= 4 is 43.9 Å². The Hall–Kier alpha value is -1.32. The molecule has 8 nitrogen and oxygen atoms in total. The fourth-order valence-electron chi connectivity index (χ4n) is 5.69. The summed E-state index contributed by atoms with van der Waals surface area (Å²) in [6.45, 7) is 12.9. The molecule has 288 valence electrons. The van der Waals surface area contributed by atoms with E-state index < -0.39 is 43.9 Å². The zero-order valence-electron chi connectivity index (χ0n) is 32.7. The molecular weight excluding hydrogens is 727 g/mol. The predicted molar refractivity (Wildman–Crippen MR) is 200 cm³/mol. The number of carbonyl (C=O) groups is 4. The Kier molecular flexibility index (Phi) is 31.7. The van der Waals surface area contributed by atoms with E-state index in [-0.39, 0.29) is 25.7 Å². The fraction of sp³-hybridized carbons (Fsp3) is 0.900. The second-order valence-corrected chi connectivity index (χ2v) is 20.0. The van der Waals surface area contributed by atoms with Crippen molar-refractivity contribution in [3.63, 3.8) is 0 Å². The van der Waals surface area contributed by atoms with Crippen molar-refractivity contribution in [1.82, 2.24) is 0 Å². The summed E-state index contributed by atoms with van der Waals surface area (Å²) in [5.41, 5.74) is 0. The van der Waals surface area contributed by atoms with Crippen LogP contribution in [0.25, 0.3) is 0 Å². The van der Waals surface area contributed by atoms with E-state index >= 15 is 0 Å². The summed E-state index contributed by atoms with van der Waals surface area (Å²) in [7, 11) is 0. The molecule has 0 spiro atoms. The maximum atomic E-state index is 13.2. The summed E-state index contributed by atoms with van der Waals surface area (Å²) in [5, 5.41) is 0. The van der Waals surface area contributed by atoms with E-state index in [1.165, 1.54) is 64.2 Å². The molecule has 0 fully saturated rings. The number of rotatable bonds is 34. The van der Waals surface area contributed by atoms with E-state index in [0.29, 0.717) is 37.5 Å². The van der Waals surface area contributed by atoms with Gasteiger partial charge in [-0.2, -0.15) is 0 Å². The molecule has 0 unspecified atom stereocenters. The van der Waals surface area contributed by atoms with Crippen molar-refractivity contribution in [2.75, 3.05) is 0 Å². The maximum absolute atomic E-state index is 13.2. The van der Waals surface area contributed by atoms with Crippen molar-refractivity contribution in [3.8, 4) is 0 Å². The van der Waals surface area contributed by atoms with E-state index in [2.05, 4.69) is 41.5 Å². The molecule has 0 aliphatic heterocycles. The van der Waals surface area contributed by atoms with Gasteiger partial charge < -0.3 is 0 Å². The van der Waals surface area contributed by atoms with Gasteiger partial charge in [0.25, 0.3) is 0 Å².